The molecule has 2 amide bonds. The van der Waals surface area contributed by atoms with E-state index in [-0.39, 0.29) is 29.7 Å². The predicted octanol–water partition coefficient (Wildman–Crippen LogP) is 4.81. The predicted molar refractivity (Wildman–Crippen MR) is 128 cm³/mol. The van der Waals surface area contributed by atoms with Crippen molar-refractivity contribution in [3.8, 4) is 0 Å². The molecule has 2 aromatic carbocycles. The molecule has 4 rings (SSSR count). The zero-order valence-corrected chi connectivity index (χ0v) is 19.3. The fraction of sp³-hybridized carbons (Fsp3) is 0.174. The lowest BCUT2D eigenvalue weighted by atomic mass is 10.1. The number of aromatic carboxylic acids is 1. The highest BCUT2D eigenvalue weighted by atomic mass is 35.5. The Kier molecular flexibility index (Phi) is 6.83. The van der Waals surface area contributed by atoms with Crippen molar-refractivity contribution in [3.05, 3.63) is 75.4 Å². The van der Waals surface area contributed by atoms with E-state index in [1.54, 1.807) is 34.4 Å². The number of benzene rings is 2. The van der Waals surface area contributed by atoms with Gasteiger partial charge in [-0.2, -0.15) is 0 Å². The number of carbonyl (C=O) groups is 3. The van der Waals surface area contributed by atoms with Crippen LogP contribution in [0.1, 0.15) is 15.2 Å². The molecule has 6 nitrogen and oxygen atoms in total. The molecule has 0 aliphatic carbocycles. The molecular weight excluding hydrogens is 468 g/mol. The third-order valence-corrected chi connectivity index (χ3v) is 7.22. The number of anilines is 2. The molecule has 0 unspecified atom stereocenters. The molecule has 0 atom stereocenters. The Hall–Kier alpha value is -2.81. The SMILES string of the molecule is O=C(O)c1ccc2c(c1)N(C(=O)CSc1ccc(Cl)cc1)CC(=O)N2CCc1cccs1. The van der Waals surface area contributed by atoms with Crippen LogP contribution in [-0.2, 0) is 16.0 Å². The summed E-state index contributed by atoms with van der Waals surface area (Å²) in [6.45, 7) is 0.334. The van der Waals surface area contributed by atoms with Crippen LogP contribution in [0.2, 0.25) is 5.02 Å². The number of rotatable bonds is 7. The number of carboxylic acid groups (broad SMARTS) is 1. The summed E-state index contributed by atoms with van der Waals surface area (Å²) in [6, 6.07) is 15.7. The topological polar surface area (TPSA) is 77.9 Å². The lowest BCUT2D eigenvalue weighted by molar-refractivity contribution is -0.121. The molecule has 1 aliphatic heterocycles. The zero-order chi connectivity index (χ0) is 22.7. The van der Waals surface area contributed by atoms with Gasteiger partial charge in [0.15, 0.2) is 0 Å². The monoisotopic (exact) mass is 486 g/mol. The smallest absolute Gasteiger partial charge is 0.335 e. The number of nitrogens with zero attached hydrogens (tertiary/aromatic N) is 2. The van der Waals surface area contributed by atoms with Gasteiger partial charge in [-0.05, 0) is 60.3 Å². The fourth-order valence-corrected chi connectivity index (χ4v) is 5.04. The summed E-state index contributed by atoms with van der Waals surface area (Å²) in [6.07, 6.45) is 0.684. The maximum atomic E-state index is 13.0. The van der Waals surface area contributed by atoms with E-state index in [4.69, 9.17) is 11.6 Å². The van der Waals surface area contributed by atoms with Gasteiger partial charge in [0.05, 0.1) is 22.7 Å². The number of amides is 2. The Morgan fingerprint density at radius 1 is 1.09 bits per heavy atom. The third kappa shape index (κ3) is 4.98. The van der Waals surface area contributed by atoms with Gasteiger partial charge in [-0.1, -0.05) is 17.7 Å². The van der Waals surface area contributed by atoms with E-state index in [2.05, 4.69) is 0 Å². The average Bonchev–Trinajstić information content (AvgIpc) is 3.30. The molecule has 9 heteroatoms. The van der Waals surface area contributed by atoms with Crippen LogP contribution in [0.15, 0.2) is 64.9 Å². The van der Waals surface area contributed by atoms with Gasteiger partial charge in [-0.15, -0.1) is 23.1 Å². The highest BCUT2D eigenvalue weighted by Gasteiger charge is 2.33. The number of carboxylic acids is 1. The Morgan fingerprint density at radius 2 is 1.88 bits per heavy atom. The van der Waals surface area contributed by atoms with Crippen LogP contribution in [0.25, 0.3) is 0 Å². The average molecular weight is 487 g/mol. The van der Waals surface area contributed by atoms with Gasteiger partial charge in [0.2, 0.25) is 11.8 Å². The molecule has 164 valence electrons. The molecule has 1 N–H and O–H groups in total. The lowest BCUT2D eigenvalue weighted by Crippen LogP contribution is -2.49. The highest BCUT2D eigenvalue weighted by Crippen LogP contribution is 2.36. The second kappa shape index (κ2) is 9.77. The quantitative estimate of drug-likeness (QED) is 0.485. The number of thiophene rings is 1. The lowest BCUT2D eigenvalue weighted by Gasteiger charge is -2.36. The van der Waals surface area contributed by atoms with E-state index in [1.807, 2.05) is 29.6 Å². The molecule has 0 saturated carbocycles. The minimum Gasteiger partial charge on any atom is -0.478 e. The molecule has 1 aromatic heterocycles. The van der Waals surface area contributed by atoms with Crippen molar-refractivity contribution < 1.29 is 19.5 Å². The summed E-state index contributed by atoms with van der Waals surface area (Å²) >= 11 is 8.86. The number of fused-ring (bicyclic) bond motifs is 1. The Bertz CT molecular complexity index is 1150. The molecule has 32 heavy (non-hydrogen) atoms. The van der Waals surface area contributed by atoms with Gasteiger partial charge >= 0.3 is 5.97 Å². The largest absolute Gasteiger partial charge is 0.478 e. The molecule has 1 aliphatic rings. The van der Waals surface area contributed by atoms with Crippen molar-refractivity contribution in [1.29, 1.82) is 0 Å². The molecule has 0 bridgehead atoms. The van der Waals surface area contributed by atoms with Gasteiger partial charge < -0.3 is 14.9 Å². The Labute approximate surface area is 198 Å². The summed E-state index contributed by atoms with van der Waals surface area (Å²) in [5, 5.41) is 12.0. The summed E-state index contributed by atoms with van der Waals surface area (Å²) in [5.74, 6) is -1.43. The Morgan fingerprint density at radius 3 is 2.56 bits per heavy atom. The Balaban J connectivity index is 1.58. The number of carbonyl (C=O) groups excluding carboxylic acids is 2. The molecule has 0 saturated heterocycles. The van der Waals surface area contributed by atoms with E-state index in [9.17, 15) is 19.5 Å². The summed E-state index contributed by atoms with van der Waals surface area (Å²) in [4.78, 5) is 42.6. The van der Waals surface area contributed by atoms with Crippen molar-refractivity contribution in [2.24, 2.45) is 0 Å². The van der Waals surface area contributed by atoms with E-state index < -0.39 is 5.97 Å². The third-order valence-electron chi connectivity index (χ3n) is 5.04. The van der Waals surface area contributed by atoms with Crippen molar-refractivity contribution in [1.82, 2.24) is 0 Å². The molecular formula is C23H19ClN2O4S2. The summed E-state index contributed by atoms with van der Waals surface area (Å²) in [7, 11) is 0. The van der Waals surface area contributed by atoms with Crippen LogP contribution in [0.4, 0.5) is 11.4 Å². The molecule has 0 spiro atoms. The van der Waals surface area contributed by atoms with Gasteiger partial charge in [-0.3, -0.25) is 9.59 Å². The van der Waals surface area contributed by atoms with Crippen LogP contribution in [0, 0.1) is 0 Å². The molecule has 0 radical (unpaired) electrons. The van der Waals surface area contributed by atoms with Crippen LogP contribution in [0.3, 0.4) is 0 Å². The van der Waals surface area contributed by atoms with E-state index in [1.165, 1.54) is 28.8 Å². The van der Waals surface area contributed by atoms with Crippen LogP contribution < -0.4 is 9.80 Å². The first-order chi connectivity index (χ1) is 15.4. The molecule has 0 fully saturated rings. The van der Waals surface area contributed by atoms with E-state index in [0.29, 0.717) is 29.4 Å². The number of thioether (sulfide) groups is 1. The van der Waals surface area contributed by atoms with E-state index >= 15 is 0 Å². The number of halogens is 1. The molecule has 2 heterocycles. The van der Waals surface area contributed by atoms with Crippen LogP contribution >= 0.6 is 34.7 Å². The first kappa shape index (κ1) is 22.4. The maximum absolute atomic E-state index is 13.0. The highest BCUT2D eigenvalue weighted by molar-refractivity contribution is 8.00. The summed E-state index contributed by atoms with van der Waals surface area (Å²) in [5.41, 5.74) is 1.06. The van der Waals surface area contributed by atoms with E-state index in [0.717, 1.165) is 9.77 Å². The number of hydrogen-bond donors (Lipinski definition) is 1. The van der Waals surface area contributed by atoms with Crippen molar-refractivity contribution in [3.63, 3.8) is 0 Å². The van der Waals surface area contributed by atoms with Crippen LogP contribution in [0.5, 0.6) is 0 Å². The van der Waals surface area contributed by atoms with Crippen molar-refractivity contribution in [2.75, 3.05) is 28.6 Å². The summed E-state index contributed by atoms with van der Waals surface area (Å²) < 4.78 is 0. The zero-order valence-electron chi connectivity index (χ0n) is 16.9. The minimum absolute atomic E-state index is 0.0689. The van der Waals surface area contributed by atoms with Gasteiger partial charge in [-0.25, -0.2) is 4.79 Å². The van der Waals surface area contributed by atoms with Crippen molar-refractivity contribution in [2.45, 2.75) is 11.3 Å². The van der Waals surface area contributed by atoms with Crippen LogP contribution in [-0.4, -0.2) is 41.7 Å². The minimum atomic E-state index is -1.09. The molecule has 3 aromatic rings. The normalized spacial score (nSPS) is 13.2. The second-order valence-corrected chi connectivity index (χ2v) is 9.62. The fourth-order valence-electron chi connectivity index (χ4n) is 3.44. The maximum Gasteiger partial charge on any atom is 0.335 e. The second-order valence-electron chi connectivity index (χ2n) is 7.11. The standard InChI is InChI=1S/C23H19ClN2O4S2/c24-16-4-6-18(7-5-16)32-14-22(28)26-13-21(27)25(10-9-17-2-1-11-31-17)19-8-3-15(23(29)30)12-20(19)26/h1-8,11-12H,9-10,13-14H2,(H,29,30). The van der Waals surface area contributed by atoms with Gasteiger partial charge in [0.25, 0.3) is 0 Å². The van der Waals surface area contributed by atoms with Gasteiger partial charge in [0, 0.05) is 21.3 Å². The first-order valence-electron chi connectivity index (χ1n) is 9.81. The van der Waals surface area contributed by atoms with Crippen molar-refractivity contribution >= 4 is 63.9 Å². The first-order valence-corrected chi connectivity index (χ1v) is 12.1. The van der Waals surface area contributed by atoms with Gasteiger partial charge in [0.1, 0.15) is 6.54 Å². The number of hydrogen-bond acceptors (Lipinski definition) is 5.